The highest BCUT2D eigenvalue weighted by atomic mass is 32.2. The number of aromatic nitrogens is 4. The summed E-state index contributed by atoms with van der Waals surface area (Å²) in [5.74, 6) is -1.17. The van der Waals surface area contributed by atoms with Crippen LogP contribution in [0.5, 0.6) is 11.6 Å². The van der Waals surface area contributed by atoms with Crippen molar-refractivity contribution in [2.75, 3.05) is 6.26 Å². The highest BCUT2D eigenvalue weighted by Gasteiger charge is 2.37. The van der Waals surface area contributed by atoms with Gasteiger partial charge in [0.05, 0.1) is 4.90 Å². The lowest BCUT2D eigenvalue weighted by molar-refractivity contribution is -0.146. The summed E-state index contributed by atoms with van der Waals surface area (Å²) in [7, 11) is -3.35. The Hall–Kier alpha value is -2.69. The Kier molecular flexibility index (Phi) is 3.67. The van der Waals surface area contributed by atoms with Gasteiger partial charge in [-0.05, 0) is 30.3 Å². The Labute approximate surface area is 133 Å². The Morgan fingerprint density at radius 1 is 1.04 bits per heavy atom. The van der Waals surface area contributed by atoms with Crippen LogP contribution in [0.4, 0.5) is 13.2 Å². The number of alkyl halides is 3. The van der Waals surface area contributed by atoms with Crippen molar-refractivity contribution in [1.82, 2.24) is 19.8 Å². The molecule has 0 bridgehead atoms. The summed E-state index contributed by atoms with van der Waals surface area (Å²) < 4.78 is 67.0. The van der Waals surface area contributed by atoms with Gasteiger partial charge in [0.25, 0.3) is 5.82 Å². The van der Waals surface area contributed by atoms with Crippen LogP contribution in [-0.2, 0) is 16.0 Å². The minimum Gasteiger partial charge on any atom is -0.438 e. The Balaban J connectivity index is 1.93. The van der Waals surface area contributed by atoms with Crippen LogP contribution in [0.2, 0.25) is 0 Å². The average Bonchev–Trinajstić information content (AvgIpc) is 2.90. The molecule has 0 atom stereocenters. The van der Waals surface area contributed by atoms with Crippen molar-refractivity contribution >= 4 is 15.5 Å². The first-order valence-corrected chi connectivity index (χ1v) is 8.31. The molecule has 0 unspecified atom stereocenters. The van der Waals surface area contributed by atoms with E-state index in [1.165, 1.54) is 36.4 Å². The summed E-state index contributed by atoms with van der Waals surface area (Å²) in [5.41, 5.74) is -0.0814. The van der Waals surface area contributed by atoms with Gasteiger partial charge in [-0.2, -0.15) is 17.7 Å². The van der Waals surface area contributed by atoms with E-state index in [2.05, 4.69) is 15.3 Å². The second-order valence-electron chi connectivity index (χ2n) is 4.81. The van der Waals surface area contributed by atoms with Gasteiger partial charge in [-0.25, -0.2) is 8.42 Å². The number of rotatable bonds is 3. The predicted molar refractivity (Wildman–Crippen MR) is 75.4 cm³/mol. The predicted octanol–water partition coefficient (Wildman–Crippen LogP) is 2.34. The van der Waals surface area contributed by atoms with E-state index in [4.69, 9.17) is 4.74 Å². The maximum absolute atomic E-state index is 12.8. The first kappa shape index (κ1) is 16.2. The number of sulfone groups is 1. The molecule has 3 aromatic rings. The lowest BCUT2D eigenvalue weighted by Crippen LogP contribution is -2.12. The molecule has 0 saturated heterocycles. The highest BCUT2D eigenvalue weighted by Crippen LogP contribution is 2.28. The molecule has 11 heteroatoms. The van der Waals surface area contributed by atoms with E-state index in [-0.39, 0.29) is 22.2 Å². The lowest BCUT2D eigenvalue weighted by Gasteiger charge is -2.07. The van der Waals surface area contributed by atoms with Gasteiger partial charge < -0.3 is 4.74 Å². The summed E-state index contributed by atoms with van der Waals surface area (Å²) in [6.45, 7) is 0. The van der Waals surface area contributed by atoms with Crippen molar-refractivity contribution in [3.63, 3.8) is 0 Å². The number of ether oxygens (including phenoxy) is 1. The van der Waals surface area contributed by atoms with Crippen molar-refractivity contribution in [3.05, 3.63) is 42.2 Å². The monoisotopic (exact) mass is 358 g/mol. The average molecular weight is 358 g/mol. The molecule has 126 valence electrons. The molecule has 0 N–H and O–H groups in total. The van der Waals surface area contributed by atoms with Crippen molar-refractivity contribution in [1.29, 1.82) is 0 Å². The molecule has 0 amide bonds. The fourth-order valence-corrected chi connectivity index (χ4v) is 2.51. The van der Waals surface area contributed by atoms with Gasteiger partial charge >= 0.3 is 6.18 Å². The third-order valence-corrected chi connectivity index (χ3v) is 4.09. The molecule has 0 aliphatic rings. The summed E-state index contributed by atoms with van der Waals surface area (Å²) in [5, 5.41) is 10.1. The zero-order chi connectivity index (χ0) is 17.5. The van der Waals surface area contributed by atoms with E-state index >= 15 is 0 Å². The number of benzene rings is 1. The van der Waals surface area contributed by atoms with Crippen LogP contribution in [-0.4, -0.2) is 34.5 Å². The van der Waals surface area contributed by atoms with Gasteiger partial charge in [0.2, 0.25) is 5.88 Å². The molecular formula is C13H9F3N4O3S. The number of hydrogen-bond acceptors (Lipinski definition) is 6. The van der Waals surface area contributed by atoms with Crippen LogP contribution in [0, 0.1) is 0 Å². The van der Waals surface area contributed by atoms with Crippen molar-refractivity contribution in [2.24, 2.45) is 0 Å². The number of nitrogens with zero attached hydrogens (tertiary/aromatic N) is 4. The van der Waals surface area contributed by atoms with E-state index in [0.29, 0.717) is 4.52 Å². The van der Waals surface area contributed by atoms with Gasteiger partial charge in [-0.1, -0.05) is 0 Å². The second kappa shape index (κ2) is 5.44. The van der Waals surface area contributed by atoms with Crippen molar-refractivity contribution < 1.29 is 26.3 Å². The van der Waals surface area contributed by atoms with Gasteiger partial charge in [-0.15, -0.1) is 15.3 Å². The summed E-state index contributed by atoms with van der Waals surface area (Å²) in [6, 6.07) is 7.99. The van der Waals surface area contributed by atoms with E-state index in [1.807, 2.05) is 0 Å². The largest absolute Gasteiger partial charge is 0.453 e. The number of fused-ring (bicyclic) bond motifs is 1. The molecule has 0 radical (unpaired) electrons. The van der Waals surface area contributed by atoms with Crippen LogP contribution in [0.25, 0.3) is 5.65 Å². The fourth-order valence-electron chi connectivity index (χ4n) is 1.88. The Bertz CT molecular complexity index is 997. The summed E-state index contributed by atoms with van der Waals surface area (Å²) >= 11 is 0. The third-order valence-electron chi connectivity index (χ3n) is 2.97. The van der Waals surface area contributed by atoms with E-state index in [0.717, 1.165) is 6.26 Å². The van der Waals surface area contributed by atoms with Crippen LogP contribution in [0.3, 0.4) is 0 Å². The molecule has 0 saturated carbocycles. The maximum Gasteiger partial charge on any atom is 0.453 e. The van der Waals surface area contributed by atoms with E-state index in [1.54, 1.807) is 0 Å². The molecule has 7 nitrogen and oxygen atoms in total. The summed E-state index contributed by atoms with van der Waals surface area (Å²) in [6.07, 6.45) is -3.65. The Morgan fingerprint density at radius 3 is 2.29 bits per heavy atom. The van der Waals surface area contributed by atoms with Crippen LogP contribution in [0.15, 0.2) is 41.3 Å². The zero-order valence-corrected chi connectivity index (χ0v) is 12.8. The smallest absolute Gasteiger partial charge is 0.438 e. The SMILES string of the molecule is CS(=O)(=O)c1ccc(Oc2ccc3nnc(C(F)(F)F)n3n2)cc1. The molecule has 0 aliphatic carbocycles. The summed E-state index contributed by atoms with van der Waals surface area (Å²) in [4.78, 5) is 0.0939. The van der Waals surface area contributed by atoms with Crippen molar-refractivity contribution in [2.45, 2.75) is 11.1 Å². The van der Waals surface area contributed by atoms with Crippen molar-refractivity contribution in [3.8, 4) is 11.6 Å². The van der Waals surface area contributed by atoms with Crippen LogP contribution < -0.4 is 4.74 Å². The molecule has 0 fully saturated rings. The minimum atomic E-state index is -4.71. The highest BCUT2D eigenvalue weighted by molar-refractivity contribution is 7.90. The molecular weight excluding hydrogens is 349 g/mol. The number of halogens is 3. The van der Waals surface area contributed by atoms with Gasteiger partial charge in [0, 0.05) is 12.3 Å². The maximum atomic E-state index is 12.8. The quantitative estimate of drug-likeness (QED) is 0.714. The standard InChI is InChI=1S/C13H9F3N4O3S/c1-24(21,22)9-4-2-8(3-5-9)23-11-7-6-10-17-18-12(13(14,15)16)20(10)19-11/h2-7H,1H3. The molecule has 0 spiro atoms. The third kappa shape index (κ3) is 3.15. The topological polar surface area (TPSA) is 86.5 Å². The molecule has 1 aromatic carbocycles. The van der Waals surface area contributed by atoms with Crippen LogP contribution in [0.1, 0.15) is 5.82 Å². The van der Waals surface area contributed by atoms with Gasteiger partial charge in [0.15, 0.2) is 15.5 Å². The first-order valence-electron chi connectivity index (χ1n) is 6.42. The number of hydrogen-bond donors (Lipinski definition) is 0. The van der Waals surface area contributed by atoms with Gasteiger partial charge in [-0.3, -0.25) is 0 Å². The Morgan fingerprint density at radius 2 is 1.71 bits per heavy atom. The molecule has 24 heavy (non-hydrogen) atoms. The van der Waals surface area contributed by atoms with E-state index in [9.17, 15) is 21.6 Å². The molecule has 2 heterocycles. The van der Waals surface area contributed by atoms with E-state index < -0.39 is 21.8 Å². The second-order valence-corrected chi connectivity index (χ2v) is 6.82. The lowest BCUT2D eigenvalue weighted by atomic mass is 10.3. The minimum absolute atomic E-state index is 0.0814. The van der Waals surface area contributed by atoms with Gasteiger partial charge in [0.1, 0.15) is 5.75 Å². The molecule has 0 aliphatic heterocycles. The normalized spacial score (nSPS) is 12.5. The first-order chi connectivity index (χ1) is 11.1. The van der Waals surface area contributed by atoms with Crippen LogP contribution >= 0.6 is 0 Å². The molecule has 3 rings (SSSR count). The molecule has 2 aromatic heterocycles. The fraction of sp³-hybridized carbons (Fsp3) is 0.154. The zero-order valence-electron chi connectivity index (χ0n) is 12.0.